The van der Waals surface area contributed by atoms with Crippen LogP contribution in [0.1, 0.15) is 0 Å². The molecule has 0 saturated heterocycles. The van der Waals surface area contributed by atoms with Gasteiger partial charge < -0.3 is 19.0 Å². The molecule has 6 nitrogen and oxygen atoms in total. The van der Waals surface area contributed by atoms with Crippen LogP contribution in [0.3, 0.4) is 0 Å². The zero-order valence-corrected chi connectivity index (χ0v) is 16.2. The SMILES string of the molecule is COc1ccc2[nH]c(-c3nc(-c4ccc(Oc5ccc(F)c(F)c5)cc4)no3)cc2c1. The van der Waals surface area contributed by atoms with Crippen molar-refractivity contribution in [2.24, 2.45) is 0 Å². The molecule has 0 aliphatic carbocycles. The van der Waals surface area contributed by atoms with Gasteiger partial charge in [-0.05, 0) is 60.7 Å². The van der Waals surface area contributed by atoms with Crippen LogP contribution in [0.4, 0.5) is 8.78 Å². The summed E-state index contributed by atoms with van der Waals surface area (Å²) in [5, 5.41) is 5.00. The van der Waals surface area contributed by atoms with E-state index in [-0.39, 0.29) is 5.75 Å². The second kappa shape index (κ2) is 7.56. The highest BCUT2D eigenvalue weighted by Gasteiger charge is 2.14. The number of benzene rings is 3. The Morgan fingerprint density at radius 3 is 2.39 bits per heavy atom. The summed E-state index contributed by atoms with van der Waals surface area (Å²) in [5.74, 6) is 0.286. The predicted octanol–water partition coefficient (Wildman–Crippen LogP) is 5.96. The average Bonchev–Trinajstić information content (AvgIpc) is 3.43. The summed E-state index contributed by atoms with van der Waals surface area (Å²) in [4.78, 5) is 7.69. The van der Waals surface area contributed by atoms with Gasteiger partial charge in [0.05, 0.1) is 7.11 Å². The Morgan fingerprint density at radius 2 is 1.61 bits per heavy atom. The van der Waals surface area contributed by atoms with Crippen molar-refractivity contribution in [1.29, 1.82) is 0 Å². The van der Waals surface area contributed by atoms with E-state index in [1.165, 1.54) is 6.07 Å². The molecule has 5 rings (SSSR count). The van der Waals surface area contributed by atoms with Gasteiger partial charge in [-0.15, -0.1) is 0 Å². The largest absolute Gasteiger partial charge is 0.497 e. The van der Waals surface area contributed by atoms with Crippen molar-refractivity contribution >= 4 is 10.9 Å². The maximum atomic E-state index is 13.3. The Balaban J connectivity index is 1.36. The highest BCUT2D eigenvalue weighted by molar-refractivity contribution is 5.85. The minimum atomic E-state index is -0.969. The molecule has 8 heteroatoms. The van der Waals surface area contributed by atoms with Crippen LogP contribution in [0, 0.1) is 11.6 Å². The molecule has 0 bridgehead atoms. The Hall–Kier alpha value is -4.20. The van der Waals surface area contributed by atoms with Crippen LogP contribution in [-0.2, 0) is 0 Å². The number of hydrogen-bond acceptors (Lipinski definition) is 5. The number of H-pyrrole nitrogens is 1. The standard InChI is InChI=1S/C23H15F2N3O3/c1-29-16-7-9-20-14(10-16)11-21(26-20)23-27-22(28-31-23)13-2-4-15(5-3-13)30-17-6-8-18(24)19(25)12-17/h2-12,26H,1H3. The minimum Gasteiger partial charge on any atom is -0.497 e. The molecule has 0 saturated carbocycles. The van der Waals surface area contributed by atoms with Gasteiger partial charge in [-0.25, -0.2) is 8.78 Å². The van der Waals surface area contributed by atoms with Gasteiger partial charge in [0.2, 0.25) is 5.82 Å². The number of hydrogen-bond donors (Lipinski definition) is 1. The van der Waals surface area contributed by atoms with E-state index in [2.05, 4.69) is 15.1 Å². The molecule has 0 unspecified atom stereocenters. The van der Waals surface area contributed by atoms with E-state index < -0.39 is 11.6 Å². The molecule has 154 valence electrons. The summed E-state index contributed by atoms with van der Waals surface area (Å²) in [5.41, 5.74) is 2.33. The highest BCUT2D eigenvalue weighted by atomic mass is 19.2. The maximum Gasteiger partial charge on any atom is 0.274 e. The molecule has 0 spiro atoms. The van der Waals surface area contributed by atoms with Crippen LogP contribution < -0.4 is 9.47 Å². The number of ether oxygens (including phenoxy) is 2. The number of nitrogens with one attached hydrogen (secondary N) is 1. The van der Waals surface area contributed by atoms with Crippen molar-refractivity contribution in [1.82, 2.24) is 15.1 Å². The van der Waals surface area contributed by atoms with Crippen molar-refractivity contribution in [3.8, 4) is 40.2 Å². The molecule has 0 aliphatic rings. The van der Waals surface area contributed by atoms with Gasteiger partial charge in [0.25, 0.3) is 5.89 Å². The third-order valence-corrected chi connectivity index (χ3v) is 4.72. The van der Waals surface area contributed by atoms with E-state index in [0.717, 1.165) is 28.8 Å². The van der Waals surface area contributed by atoms with Gasteiger partial charge in [0.1, 0.15) is 22.9 Å². The predicted molar refractivity (Wildman–Crippen MR) is 110 cm³/mol. The Labute approximate surface area is 175 Å². The van der Waals surface area contributed by atoms with Crippen LogP contribution in [0.15, 0.2) is 71.3 Å². The molecular weight excluding hydrogens is 404 g/mol. The lowest BCUT2D eigenvalue weighted by atomic mass is 10.2. The second-order valence-corrected chi connectivity index (χ2v) is 6.76. The van der Waals surface area contributed by atoms with Crippen molar-refractivity contribution in [2.75, 3.05) is 7.11 Å². The van der Waals surface area contributed by atoms with E-state index in [9.17, 15) is 8.78 Å². The number of rotatable bonds is 5. The lowest BCUT2D eigenvalue weighted by Crippen LogP contribution is -1.88. The Bertz CT molecular complexity index is 1380. The fraction of sp³-hybridized carbons (Fsp3) is 0.0435. The summed E-state index contributed by atoms with van der Waals surface area (Å²) in [7, 11) is 1.62. The first-order valence-corrected chi connectivity index (χ1v) is 9.33. The molecule has 0 fully saturated rings. The molecule has 5 aromatic rings. The summed E-state index contributed by atoms with van der Waals surface area (Å²) >= 11 is 0. The number of nitrogens with zero attached hydrogens (tertiary/aromatic N) is 2. The van der Waals surface area contributed by atoms with Crippen LogP contribution in [0.2, 0.25) is 0 Å². The topological polar surface area (TPSA) is 73.2 Å². The lowest BCUT2D eigenvalue weighted by Gasteiger charge is -2.06. The van der Waals surface area contributed by atoms with E-state index in [4.69, 9.17) is 14.0 Å². The van der Waals surface area contributed by atoms with Crippen LogP contribution in [0.25, 0.3) is 33.9 Å². The number of aromatic nitrogens is 3. The summed E-state index contributed by atoms with van der Waals surface area (Å²) in [6.45, 7) is 0. The van der Waals surface area contributed by atoms with Crippen molar-refractivity contribution in [3.05, 3.63) is 78.4 Å². The number of fused-ring (bicyclic) bond motifs is 1. The smallest absolute Gasteiger partial charge is 0.274 e. The monoisotopic (exact) mass is 419 g/mol. The van der Waals surface area contributed by atoms with E-state index in [1.54, 1.807) is 31.4 Å². The third kappa shape index (κ3) is 3.71. The van der Waals surface area contributed by atoms with E-state index in [1.807, 2.05) is 24.3 Å². The first-order valence-electron chi connectivity index (χ1n) is 9.33. The zero-order valence-electron chi connectivity index (χ0n) is 16.2. The quantitative estimate of drug-likeness (QED) is 0.380. The van der Waals surface area contributed by atoms with Gasteiger partial charge in [-0.2, -0.15) is 4.98 Å². The molecule has 0 amide bonds. The van der Waals surface area contributed by atoms with Gasteiger partial charge in [0.15, 0.2) is 11.6 Å². The Morgan fingerprint density at radius 1 is 0.839 bits per heavy atom. The zero-order chi connectivity index (χ0) is 21.4. The van der Waals surface area contributed by atoms with Crippen molar-refractivity contribution < 1.29 is 22.8 Å². The minimum absolute atomic E-state index is 0.198. The Kier molecular flexibility index (Phi) is 4.59. The average molecular weight is 419 g/mol. The number of aromatic amines is 1. The van der Waals surface area contributed by atoms with Crippen LogP contribution in [0.5, 0.6) is 17.2 Å². The summed E-state index contributed by atoms with van der Waals surface area (Å²) in [6, 6.07) is 17.8. The van der Waals surface area contributed by atoms with Crippen molar-refractivity contribution in [2.45, 2.75) is 0 Å². The summed E-state index contributed by atoms with van der Waals surface area (Å²) < 4.78 is 42.6. The second-order valence-electron chi connectivity index (χ2n) is 6.76. The number of methoxy groups -OCH3 is 1. The number of halogens is 2. The third-order valence-electron chi connectivity index (χ3n) is 4.72. The van der Waals surface area contributed by atoms with Crippen LogP contribution >= 0.6 is 0 Å². The first-order chi connectivity index (χ1) is 15.1. The molecule has 31 heavy (non-hydrogen) atoms. The molecule has 3 aromatic carbocycles. The molecular formula is C23H15F2N3O3. The lowest BCUT2D eigenvalue weighted by molar-refractivity contribution is 0.415. The molecule has 0 aliphatic heterocycles. The first kappa shape index (κ1) is 18.8. The highest BCUT2D eigenvalue weighted by Crippen LogP contribution is 2.29. The molecule has 0 radical (unpaired) electrons. The fourth-order valence-electron chi connectivity index (χ4n) is 3.15. The molecule has 1 N–H and O–H groups in total. The van der Waals surface area contributed by atoms with Crippen molar-refractivity contribution in [3.63, 3.8) is 0 Å². The van der Waals surface area contributed by atoms with Gasteiger partial charge >= 0.3 is 0 Å². The van der Waals surface area contributed by atoms with Crippen LogP contribution in [-0.4, -0.2) is 22.2 Å². The van der Waals surface area contributed by atoms with E-state index >= 15 is 0 Å². The molecule has 0 atom stereocenters. The molecule has 2 aromatic heterocycles. The maximum absolute atomic E-state index is 13.3. The van der Waals surface area contributed by atoms with Gasteiger partial charge in [-0.1, -0.05) is 5.16 Å². The van der Waals surface area contributed by atoms with Gasteiger partial charge in [-0.3, -0.25) is 0 Å². The normalized spacial score (nSPS) is 11.1. The molecule has 2 heterocycles. The van der Waals surface area contributed by atoms with E-state index in [0.29, 0.717) is 28.7 Å². The van der Waals surface area contributed by atoms with Gasteiger partial charge in [0, 0.05) is 22.5 Å². The fourth-order valence-corrected chi connectivity index (χ4v) is 3.15. The summed E-state index contributed by atoms with van der Waals surface area (Å²) in [6.07, 6.45) is 0.